The van der Waals surface area contributed by atoms with Crippen molar-refractivity contribution >= 4 is 5.71 Å². The minimum Gasteiger partial charge on any atom is -0.387 e. The Labute approximate surface area is 115 Å². The maximum atomic E-state index is 10.5. The van der Waals surface area contributed by atoms with Crippen molar-refractivity contribution in [3.8, 4) is 0 Å². The summed E-state index contributed by atoms with van der Waals surface area (Å²) in [5, 5.41) is 10.5. The van der Waals surface area contributed by atoms with E-state index in [1.54, 1.807) is 0 Å². The molecule has 19 heavy (non-hydrogen) atoms. The van der Waals surface area contributed by atoms with E-state index < -0.39 is 0 Å². The predicted octanol–water partition coefficient (Wildman–Crippen LogP) is 3.44. The largest absolute Gasteiger partial charge is 0.387 e. The van der Waals surface area contributed by atoms with E-state index in [4.69, 9.17) is 4.99 Å². The van der Waals surface area contributed by atoms with Gasteiger partial charge in [-0.15, -0.1) is 0 Å². The van der Waals surface area contributed by atoms with Gasteiger partial charge in [0.2, 0.25) is 0 Å². The first-order chi connectivity index (χ1) is 8.97. The van der Waals surface area contributed by atoms with Crippen molar-refractivity contribution in [2.24, 2.45) is 21.7 Å². The van der Waals surface area contributed by atoms with Crippen molar-refractivity contribution in [3.05, 3.63) is 35.9 Å². The standard InChI is InChI=1S/C17H23NO/c1-16(2)13-9-10-17(16,3)15(14(13)19)18-11-12-7-5-4-6-8-12/h4-8,13-14,19H,9-11H2,1-3H3/t13-,14-,17+/m1/s1. The van der Waals surface area contributed by atoms with Crippen molar-refractivity contribution in [1.29, 1.82) is 0 Å². The van der Waals surface area contributed by atoms with E-state index in [-0.39, 0.29) is 16.9 Å². The molecule has 2 nitrogen and oxygen atoms in total. The minimum atomic E-state index is -0.336. The summed E-state index contributed by atoms with van der Waals surface area (Å²) in [6.45, 7) is 7.55. The van der Waals surface area contributed by atoms with Gasteiger partial charge in [-0.25, -0.2) is 0 Å². The first-order valence-electron chi connectivity index (χ1n) is 7.23. The zero-order valence-electron chi connectivity index (χ0n) is 12.1. The number of aliphatic hydroxyl groups excluding tert-OH is 1. The van der Waals surface area contributed by atoms with Gasteiger partial charge in [0, 0.05) is 11.1 Å². The molecule has 0 heterocycles. The number of fused-ring (bicyclic) bond motifs is 2. The number of hydrogen-bond acceptors (Lipinski definition) is 2. The minimum absolute atomic E-state index is 0.0753. The van der Waals surface area contributed by atoms with Gasteiger partial charge in [0.05, 0.1) is 12.6 Å². The first-order valence-corrected chi connectivity index (χ1v) is 7.23. The molecule has 0 aromatic heterocycles. The second-order valence-corrected chi connectivity index (χ2v) is 6.83. The van der Waals surface area contributed by atoms with E-state index in [2.05, 4.69) is 32.9 Å². The summed E-state index contributed by atoms with van der Waals surface area (Å²) in [5.74, 6) is 0.382. The molecule has 1 aromatic rings. The summed E-state index contributed by atoms with van der Waals surface area (Å²) in [4.78, 5) is 4.79. The zero-order chi connectivity index (χ0) is 13.7. The Morgan fingerprint density at radius 3 is 2.47 bits per heavy atom. The molecule has 2 aliphatic carbocycles. The molecular weight excluding hydrogens is 234 g/mol. The van der Waals surface area contributed by atoms with Gasteiger partial charge in [0.15, 0.2) is 0 Å². The Balaban J connectivity index is 1.90. The van der Waals surface area contributed by atoms with Crippen LogP contribution in [0.5, 0.6) is 0 Å². The first kappa shape index (κ1) is 12.9. The third-order valence-electron chi connectivity index (χ3n) is 5.81. The molecule has 3 atom stereocenters. The highest BCUT2D eigenvalue weighted by Crippen LogP contribution is 2.64. The lowest BCUT2D eigenvalue weighted by atomic mass is 9.70. The van der Waals surface area contributed by atoms with Crippen LogP contribution in [-0.2, 0) is 6.54 Å². The van der Waals surface area contributed by atoms with Gasteiger partial charge in [-0.2, -0.15) is 0 Å². The molecule has 2 saturated carbocycles. The molecule has 3 rings (SSSR count). The number of aliphatic hydroxyl groups is 1. The highest BCUT2D eigenvalue weighted by Gasteiger charge is 2.64. The molecule has 0 unspecified atom stereocenters. The molecule has 2 fully saturated rings. The summed E-state index contributed by atoms with van der Waals surface area (Å²) in [6, 6.07) is 10.3. The number of nitrogens with zero attached hydrogens (tertiary/aromatic N) is 1. The molecule has 1 aromatic carbocycles. The highest BCUT2D eigenvalue weighted by atomic mass is 16.3. The van der Waals surface area contributed by atoms with Gasteiger partial charge in [-0.3, -0.25) is 4.99 Å². The van der Waals surface area contributed by atoms with E-state index in [1.807, 2.05) is 18.2 Å². The maximum absolute atomic E-state index is 10.5. The summed E-state index contributed by atoms with van der Waals surface area (Å²) in [6.07, 6.45) is 1.96. The lowest BCUT2D eigenvalue weighted by Crippen LogP contribution is -2.35. The molecule has 0 amide bonds. The molecule has 0 spiro atoms. The maximum Gasteiger partial charge on any atom is 0.0955 e. The molecule has 0 aliphatic heterocycles. The SMILES string of the molecule is CC1(C)[C@@H]2CC[C@@]1(C)C(=NCc1ccccc1)[C@@H]2O. The van der Waals surface area contributed by atoms with Crippen molar-refractivity contribution in [2.45, 2.75) is 46.3 Å². The Kier molecular flexibility index (Phi) is 2.82. The van der Waals surface area contributed by atoms with Gasteiger partial charge in [-0.05, 0) is 29.7 Å². The van der Waals surface area contributed by atoms with E-state index in [9.17, 15) is 5.11 Å². The van der Waals surface area contributed by atoms with Crippen LogP contribution in [-0.4, -0.2) is 16.9 Å². The van der Waals surface area contributed by atoms with Gasteiger partial charge >= 0.3 is 0 Å². The Bertz CT molecular complexity index is 505. The van der Waals surface area contributed by atoms with Crippen LogP contribution in [0.2, 0.25) is 0 Å². The molecule has 2 aliphatic rings. The summed E-state index contributed by atoms with van der Waals surface area (Å²) < 4.78 is 0. The van der Waals surface area contributed by atoms with Crippen LogP contribution in [0.4, 0.5) is 0 Å². The fourth-order valence-corrected chi connectivity index (χ4v) is 4.09. The fourth-order valence-electron chi connectivity index (χ4n) is 4.09. The topological polar surface area (TPSA) is 32.6 Å². The second-order valence-electron chi connectivity index (χ2n) is 6.83. The van der Waals surface area contributed by atoms with Gasteiger partial charge < -0.3 is 5.11 Å². The number of hydrogen-bond donors (Lipinski definition) is 1. The highest BCUT2D eigenvalue weighted by molar-refractivity contribution is 5.98. The average Bonchev–Trinajstić information content (AvgIpc) is 2.69. The summed E-state index contributed by atoms with van der Waals surface area (Å²) >= 11 is 0. The molecule has 0 radical (unpaired) electrons. The molecule has 2 heteroatoms. The number of rotatable bonds is 2. The van der Waals surface area contributed by atoms with Crippen molar-refractivity contribution < 1.29 is 5.11 Å². The average molecular weight is 257 g/mol. The Morgan fingerprint density at radius 2 is 1.89 bits per heavy atom. The van der Waals surface area contributed by atoms with Crippen molar-refractivity contribution in [3.63, 3.8) is 0 Å². The third-order valence-corrected chi connectivity index (χ3v) is 5.81. The smallest absolute Gasteiger partial charge is 0.0955 e. The fraction of sp³-hybridized carbons (Fsp3) is 0.588. The zero-order valence-corrected chi connectivity index (χ0v) is 12.1. The molecule has 2 bridgehead atoms. The molecule has 0 saturated heterocycles. The van der Waals surface area contributed by atoms with Gasteiger partial charge in [-0.1, -0.05) is 51.1 Å². The third kappa shape index (κ3) is 1.69. The normalized spacial score (nSPS) is 38.0. The number of benzene rings is 1. The quantitative estimate of drug-likeness (QED) is 0.865. The van der Waals surface area contributed by atoms with Crippen LogP contribution in [0, 0.1) is 16.7 Å². The van der Waals surface area contributed by atoms with E-state index in [0.29, 0.717) is 12.5 Å². The van der Waals surface area contributed by atoms with Gasteiger partial charge in [0.1, 0.15) is 0 Å². The van der Waals surface area contributed by atoms with E-state index in [0.717, 1.165) is 18.6 Å². The lowest BCUT2D eigenvalue weighted by Gasteiger charge is -2.34. The number of aliphatic imine (C=N–C) groups is 1. The summed E-state index contributed by atoms with van der Waals surface area (Å²) in [5.41, 5.74) is 2.50. The van der Waals surface area contributed by atoms with Crippen LogP contribution in [0.3, 0.4) is 0 Å². The van der Waals surface area contributed by atoms with Gasteiger partial charge in [0.25, 0.3) is 0 Å². The van der Waals surface area contributed by atoms with Crippen molar-refractivity contribution in [2.75, 3.05) is 0 Å². The van der Waals surface area contributed by atoms with Crippen molar-refractivity contribution in [1.82, 2.24) is 0 Å². The van der Waals surface area contributed by atoms with E-state index >= 15 is 0 Å². The van der Waals surface area contributed by atoms with Crippen LogP contribution < -0.4 is 0 Å². The summed E-state index contributed by atoms with van der Waals surface area (Å²) in [7, 11) is 0. The molecule has 1 N–H and O–H groups in total. The Hall–Kier alpha value is -1.15. The van der Waals surface area contributed by atoms with Crippen LogP contribution in [0.25, 0.3) is 0 Å². The van der Waals surface area contributed by atoms with Crippen LogP contribution in [0.15, 0.2) is 35.3 Å². The Morgan fingerprint density at radius 1 is 1.21 bits per heavy atom. The van der Waals surface area contributed by atoms with Crippen LogP contribution >= 0.6 is 0 Å². The monoisotopic (exact) mass is 257 g/mol. The predicted molar refractivity (Wildman–Crippen MR) is 78.2 cm³/mol. The molecular formula is C17H23NO. The lowest BCUT2D eigenvalue weighted by molar-refractivity contribution is 0.115. The van der Waals surface area contributed by atoms with E-state index in [1.165, 1.54) is 5.56 Å². The van der Waals surface area contributed by atoms with Crippen LogP contribution in [0.1, 0.15) is 39.2 Å². The molecule has 102 valence electrons. The second kappa shape index (κ2) is 4.17.